The van der Waals surface area contributed by atoms with E-state index in [1.165, 1.54) is 0 Å². The smallest absolute Gasteiger partial charge is 0.450 e. The maximum absolute atomic E-state index is 10.3. The van der Waals surface area contributed by atoms with Crippen molar-refractivity contribution in [3.63, 3.8) is 0 Å². The van der Waals surface area contributed by atoms with E-state index >= 15 is 0 Å². The number of ether oxygens (including phenoxy) is 1. The Kier molecular flexibility index (Phi) is 3.13. The van der Waals surface area contributed by atoms with Crippen LogP contribution in [0.2, 0.25) is 0 Å². The third kappa shape index (κ3) is 6.01. The summed E-state index contributed by atoms with van der Waals surface area (Å²) in [5.74, 6) is 0. The van der Waals surface area contributed by atoms with E-state index in [0.717, 1.165) is 0 Å². The van der Waals surface area contributed by atoms with Gasteiger partial charge in [-0.2, -0.15) is 0 Å². The van der Waals surface area contributed by atoms with Gasteiger partial charge in [-0.1, -0.05) is 20.8 Å². The van der Waals surface area contributed by atoms with Gasteiger partial charge < -0.3 is 9.84 Å². The average Bonchev–Trinajstić information content (AvgIpc) is 1.48. The molecule has 0 spiro atoms. The molecule has 0 radical (unpaired) electrons. The first-order valence-electron chi connectivity index (χ1n) is 4.04. The lowest BCUT2D eigenvalue weighted by Crippen LogP contribution is -2.32. The predicted octanol–water partition coefficient (Wildman–Crippen LogP) is 2.90. The van der Waals surface area contributed by atoms with Crippen molar-refractivity contribution in [2.75, 3.05) is 0 Å². The van der Waals surface area contributed by atoms with Gasteiger partial charge in [0.05, 0.1) is 0 Å². The van der Waals surface area contributed by atoms with Crippen LogP contribution in [0.5, 0.6) is 0 Å². The number of hydrogen-bond donors (Lipinski definition) is 1. The Bertz CT molecular complexity index is 165. The number of carboxylic acid groups (broad SMARTS) is 1. The van der Waals surface area contributed by atoms with Gasteiger partial charge in [0.2, 0.25) is 0 Å². The van der Waals surface area contributed by atoms with Crippen LogP contribution in [0.4, 0.5) is 4.79 Å². The van der Waals surface area contributed by atoms with Crippen LogP contribution in [0.3, 0.4) is 0 Å². The molecule has 3 heteroatoms. The van der Waals surface area contributed by atoms with Crippen LogP contribution in [0, 0.1) is 5.41 Å². The third-order valence-electron chi connectivity index (χ3n) is 1.32. The van der Waals surface area contributed by atoms with E-state index in [2.05, 4.69) is 20.8 Å². The van der Waals surface area contributed by atoms with Crippen LogP contribution in [-0.4, -0.2) is 16.9 Å². The first-order chi connectivity index (χ1) is 5.12. The highest BCUT2D eigenvalue weighted by atomic mass is 16.7. The fourth-order valence-electron chi connectivity index (χ4n) is 1.55. The van der Waals surface area contributed by atoms with Crippen LogP contribution in [0.25, 0.3) is 0 Å². The Balaban J connectivity index is 4.13. The summed E-state index contributed by atoms with van der Waals surface area (Å²) in [5.41, 5.74) is -0.511. The highest BCUT2D eigenvalue weighted by Crippen LogP contribution is 2.29. The molecular weight excluding hydrogens is 156 g/mol. The first-order valence-corrected chi connectivity index (χ1v) is 4.04. The second-order valence-corrected chi connectivity index (χ2v) is 4.87. The molecule has 0 atom stereocenters. The molecule has 0 fully saturated rings. The Hall–Kier alpha value is -0.730. The molecule has 72 valence electrons. The molecule has 0 saturated carbocycles. The van der Waals surface area contributed by atoms with Gasteiger partial charge in [-0.25, -0.2) is 4.79 Å². The zero-order valence-corrected chi connectivity index (χ0v) is 8.47. The molecule has 0 rings (SSSR count). The minimum Gasteiger partial charge on any atom is -0.450 e. The fourth-order valence-corrected chi connectivity index (χ4v) is 1.55. The molecule has 0 amide bonds. The standard InChI is InChI=1S/C9H18O3/c1-8(2,3)6-9(4,5)12-7(10)11/h6H2,1-5H3,(H,10,11). The number of carbonyl (C=O) groups is 1. The molecular formula is C9H18O3. The van der Waals surface area contributed by atoms with E-state index in [9.17, 15) is 4.79 Å². The lowest BCUT2D eigenvalue weighted by Gasteiger charge is -2.30. The van der Waals surface area contributed by atoms with Crippen molar-refractivity contribution in [3.05, 3.63) is 0 Å². The molecule has 0 aliphatic heterocycles. The van der Waals surface area contributed by atoms with Gasteiger partial charge in [0.25, 0.3) is 0 Å². The van der Waals surface area contributed by atoms with E-state index in [-0.39, 0.29) is 5.41 Å². The molecule has 0 bridgehead atoms. The van der Waals surface area contributed by atoms with E-state index in [1.54, 1.807) is 13.8 Å². The van der Waals surface area contributed by atoms with Crippen molar-refractivity contribution in [3.8, 4) is 0 Å². The zero-order chi connectivity index (χ0) is 9.99. The highest BCUT2D eigenvalue weighted by molar-refractivity contribution is 5.57. The van der Waals surface area contributed by atoms with Crippen molar-refractivity contribution >= 4 is 6.16 Å². The topological polar surface area (TPSA) is 46.5 Å². The first kappa shape index (κ1) is 11.3. The van der Waals surface area contributed by atoms with Gasteiger partial charge >= 0.3 is 6.16 Å². The summed E-state index contributed by atoms with van der Waals surface area (Å²) in [6.07, 6.45) is -0.490. The quantitative estimate of drug-likeness (QED) is 0.655. The second kappa shape index (κ2) is 3.33. The normalized spacial score (nSPS) is 12.8. The van der Waals surface area contributed by atoms with Gasteiger partial charge in [-0.05, 0) is 25.7 Å². The van der Waals surface area contributed by atoms with Crippen LogP contribution in [-0.2, 0) is 4.74 Å². The molecule has 3 nitrogen and oxygen atoms in total. The Morgan fingerprint density at radius 3 is 1.92 bits per heavy atom. The van der Waals surface area contributed by atoms with E-state index in [0.29, 0.717) is 6.42 Å². The van der Waals surface area contributed by atoms with Crippen molar-refractivity contribution in [2.45, 2.75) is 46.6 Å². The SMILES string of the molecule is CC(C)(C)CC(C)(C)OC(=O)O. The van der Waals surface area contributed by atoms with E-state index in [1.807, 2.05) is 0 Å². The summed E-state index contributed by atoms with van der Waals surface area (Å²) in [4.78, 5) is 10.3. The molecule has 1 N–H and O–H groups in total. The van der Waals surface area contributed by atoms with E-state index in [4.69, 9.17) is 9.84 Å². The Morgan fingerprint density at radius 1 is 1.25 bits per heavy atom. The van der Waals surface area contributed by atoms with Gasteiger partial charge in [-0.15, -0.1) is 0 Å². The third-order valence-corrected chi connectivity index (χ3v) is 1.32. The van der Waals surface area contributed by atoms with Gasteiger partial charge in [0, 0.05) is 0 Å². The van der Waals surface area contributed by atoms with Crippen molar-refractivity contribution in [1.82, 2.24) is 0 Å². The summed E-state index contributed by atoms with van der Waals surface area (Å²) in [7, 11) is 0. The Morgan fingerprint density at radius 2 is 1.67 bits per heavy atom. The molecule has 0 heterocycles. The Labute approximate surface area is 73.7 Å². The molecule has 0 aromatic rings. The number of hydrogen-bond acceptors (Lipinski definition) is 2. The average molecular weight is 174 g/mol. The summed E-state index contributed by atoms with van der Waals surface area (Å²) >= 11 is 0. The minimum absolute atomic E-state index is 0.0823. The summed E-state index contributed by atoms with van der Waals surface area (Å²) < 4.78 is 4.73. The molecule has 0 aliphatic carbocycles. The summed E-state index contributed by atoms with van der Waals surface area (Å²) in [5, 5.41) is 8.42. The lowest BCUT2D eigenvalue weighted by atomic mass is 9.84. The minimum atomic E-state index is -1.20. The largest absolute Gasteiger partial charge is 0.506 e. The van der Waals surface area contributed by atoms with Crippen molar-refractivity contribution < 1.29 is 14.6 Å². The molecule has 0 aromatic heterocycles. The van der Waals surface area contributed by atoms with Crippen LogP contribution in [0.15, 0.2) is 0 Å². The van der Waals surface area contributed by atoms with Gasteiger partial charge in [0.15, 0.2) is 0 Å². The van der Waals surface area contributed by atoms with Crippen LogP contribution >= 0.6 is 0 Å². The van der Waals surface area contributed by atoms with E-state index < -0.39 is 11.8 Å². The molecule has 0 aromatic carbocycles. The monoisotopic (exact) mass is 174 g/mol. The zero-order valence-electron chi connectivity index (χ0n) is 8.47. The predicted molar refractivity (Wildman–Crippen MR) is 47.3 cm³/mol. The second-order valence-electron chi connectivity index (χ2n) is 4.87. The van der Waals surface area contributed by atoms with Crippen LogP contribution in [0.1, 0.15) is 41.0 Å². The maximum Gasteiger partial charge on any atom is 0.506 e. The van der Waals surface area contributed by atoms with Gasteiger partial charge in [0.1, 0.15) is 5.60 Å². The van der Waals surface area contributed by atoms with Gasteiger partial charge in [-0.3, -0.25) is 0 Å². The summed E-state index contributed by atoms with van der Waals surface area (Å²) in [6, 6.07) is 0. The maximum atomic E-state index is 10.3. The highest BCUT2D eigenvalue weighted by Gasteiger charge is 2.28. The van der Waals surface area contributed by atoms with Crippen molar-refractivity contribution in [2.24, 2.45) is 5.41 Å². The van der Waals surface area contributed by atoms with Crippen LogP contribution < -0.4 is 0 Å². The number of rotatable bonds is 2. The van der Waals surface area contributed by atoms with Crippen molar-refractivity contribution in [1.29, 1.82) is 0 Å². The molecule has 0 saturated heterocycles. The molecule has 0 aliphatic rings. The molecule has 0 unspecified atom stereocenters. The lowest BCUT2D eigenvalue weighted by molar-refractivity contribution is -0.0180. The summed E-state index contributed by atoms with van der Waals surface area (Å²) in [6.45, 7) is 9.73. The molecule has 12 heavy (non-hydrogen) atoms. The fraction of sp³-hybridized carbons (Fsp3) is 0.889.